The molecule has 1 aromatic carbocycles. The third kappa shape index (κ3) is 2.01. The summed E-state index contributed by atoms with van der Waals surface area (Å²) >= 11 is 0. The number of sulfone groups is 1. The fourth-order valence-corrected chi connectivity index (χ4v) is 4.82. The molecule has 1 aromatic rings. The van der Waals surface area contributed by atoms with Crippen LogP contribution in [-0.2, 0) is 14.6 Å². The summed E-state index contributed by atoms with van der Waals surface area (Å²) in [6.07, 6.45) is 0. The maximum absolute atomic E-state index is 12.9. The molecule has 2 N–H and O–H groups in total. The lowest BCUT2D eigenvalue weighted by Gasteiger charge is -2.08. The molecule has 1 aliphatic carbocycles. The van der Waals surface area contributed by atoms with E-state index >= 15 is 0 Å². The zero-order valence-corrected chi connectivity index (χ0v) is 11.6. The molecule has 7 heteroatoms. The van der Waals surface area contributed by atoms with Crippen molar-refractivity contribution in [2.24, 2.45) is 5.41 Å². The quantitative estimate of drug-likeness (QED) is 0.839. The molecular weight excluding hydrogens is 287 g/mol. The van der Waals surface area contributed by atoms with Gasteiger partial charge in [0.25, 0.3) is 0 Å². The highest BCUT2D eigenvalue weighted by molar-refractivity contribution is 7.92. The van der Waals surface area contributed by atoms with Gasteiger partial charge in [-0.15, -0.1) is 0 Å². The van der Waals surface area contributed by atoms with Gasteiger partial charge in [-0.2, -0.15) is 0 Å². The van der Waals surface area contributed by atoms with Crippen LogP contribution >= 0.6 is 0 Å². The number of benzene rings is 1. The average Bonchev–Trinajstić information content (AvgIpc) is 3.11. The van der Waals surface area contributed by atoms with Crippen LogP contribution < -0.4 is 0 Å². The minimum atomic E-state index is -3.63. The molecule has 0 radical (unpaired) electrons. The molecule has 0 heterocycles. The first-order valence-corrected chi connectivity index (χ1v) is 7.84. The second-order valence-electron chi connectivity index (χ2n) is 4.90. The molecule has 0 bridgehead atoms. The van der Waals surface area contributed by atoms with E-state index in [0.29, 0.717) is 5.56 Å². The fraction of sp³-hybridized carbons (Fsp3) is 0.462. The van der Waals surface area contributed by atoms with Crippen molar-refractivity contribution < 1.29 is 27.8 Å². The number of carboxylic acid groups (broad SMARTS) is 1. The Bertz CT molecular complexity index is 625. The highest BCUT2D eigenvalue weighted by Crippen LogP contribution is 2.63. The van der Waals surface area contributed by atoms with E-state index < -0.39 is 44.8 Å². The Labute approximate surface area is 116 Å². The zero-order valence-electron chi connectivity index (χ0n) is 10.8. The third-order valence-electron chi connectivity index (χ3n) is 3.93. The molecule has 3 atom stereocenters. The Morgan fingerprint density at radius 3 is 2.30 bits per heavy atom. The second kappa shape index (κ2) is 4.82. The molecule has 0 aromatic heterocycles. The monoisotopic (exact) mass is 302 g/mol. The number of halogens is 1. The van der Waals surface area contributed by atoms with Crippen LogP contribution in [0.5, 0.6) is 0 Å². The molecule has 0 unspecified atom stereocenters. The molecule has 20 heavy (non-hydrogen) atoms. The Morgan fingerprint density at radius 1 is 1.35 bits per heavy atom. The van der Waals surface area contributed by atoms with Gasteiger partial charge in [-0.25, -0.2) is 12.8 Å². The Kier molecular flexibility index (Phi) is 3.60. The summed E-state index contributed by atoms with van der Waals surface area (Å²) in [5.74, 6) is -2.90. The van der Waals surface area contributed by atoms with Crippen LogP contribution in [0.4, 0.5) is 4.39 Å². The van der Waals surface area contributed by atoms with E-state index in [4.69, 9.17) is 0 Å². The van der Waals surface area contributed by atoms with E-state index in [1.165, 1.54) is 19.1 Å². The number of carbonyl (C=O) groups is 1. The lowest BCUT2D eigenvalue weighted by molar-refractivity contribution is -0.145. The average molecular weight is 302 g/mol. The van der Waals surface area contributed by atoms with Crippen molar-refractivity contribution in [3.8, 4) is 0 Å². The predicted molar refractivity (Wildman–Crippen MR) is 69.5 cm³/mol. The first kappa shape index (κ1) is 14.9. The lowest BCUT2D eigenvalue weighted by Crippen LogP contribution is -2.28. The third-order valence-corrected chi connectivity index (χ3v) is 6.21. The maximum atomic E-state index is 12.9. The standard InChI is InChI=1S/C13H15FO5S/c1-2-20(18,19)11-10(13(11,7-15)12(16)17)8-3-5-9(14)6-4-8/h3-6,10-11,15H,2,7H2,1H3,(H,16,17)/t10-,11-,13-/m1/s1. The molecule has 0 spiro atoms. The largest absolute Gasteiger partial charge is 0.481 e. The number of hydrogen-bond acceptors (Lipinski definition) is 4. The summed E-state index contributed by atoms with van der Waals surface area (Å²) in [6.45, 7) is 0.660. The summed E-state index contributed by atoms with van der Waals surface area (Å²) in [5, 5.41) is 17.6. The molecule has 110 valence electrons. The highest BCUT2D eigenvalue weighted by Gasteiger charge is 2.75. The van der Waals surface area contributed by atoms with Gasteiger partial charge in [0.15, 0.2) is 9.84 Å². The summed E-state index contributed by atoms with van der Waals surface area (Å²) in [7, 11) is -3.63. The van der Waals surface area contributed by atoms with Gasteiger partial charge in [0.1, 0.15) is 11.2 Å². The van der Waals surface area contributed by atoms with Crippen LogP contribution in [0.1, 0.15) is 18.4 Å². The van der Waals surface area contributed by atoms with E-state index in [1.807, 2.05) is 0 Å². The number of aliphatic hydroxyl groups excluding tert-OH is 1. The molecule has 1 saturated carbocycles. The topological polar surface area (TPSA) is 91.7 Å². The van der Waals surface area contributed by atoms with Crippen molar-refractivity contribution in [1.29, 1.82) is 0 Å². The first-order chi connectivity index (χ1) is 9.31. The first-order valence-electron chi connectivity index (χ1n) is 6.12. The maximum Gasteiger partial charge on any atom is 0.314 e. The smallest absolute Gasteiger partial charge is 0.314 e. The minimum absolute atomic E-state index is 0.204. The second-order valence-corrected chi connectivity index (χ2v) is 7.32. The Balaban J connectivity index is 2.50. The van der Waals surface area contributed by atoms with Gasteiger partial charge in [-0.1, -0.05) is 19.1 Å². The van der Waals surface area contributed by atoms with Crippen molar-refractivity contribution in [2.45, 2.75) is 18.1 Å². The van der Waals surface area contributed by atoms with E-state index in [1.54, 1.807) is 0 Å². The van der Waals surface area contributed by atoms with Gasteiger partial charge in [-0.3, -0.25) is 4.79 Å². The van der Waals surface area contributed by atoms with E-state index in [2.05, 4.69) is 0 Å². The van der Waals surface area contributed by atoms with Gasteiger partial charge in [-0.05, 0) is 17.7 Å². The highest BCUT2D eigenvalue weighted by atomic mass is 32.2. The molecule has 2 rings (SSSR count). The molecular formula is C13H15FO5S. The number of aliphatic hydroxyl groups is 1. The normalized spacial score (nSPS) is 29.1. The SMILES string of the molecule is CCS(=O)(=O)[C@@H]1[C@@H](c2ccc(F)cc2)[C@@]1(CO)C(=O)O. The Hall–Kier alpha value is -1.47. The molecule has 0 saturated heterocycles. The van der Waals surface area contributed by atoms with Crippen LogP contribution in [0.15, 0.2) is 24.3 Å². The van der Waals surface area contributed by atoms with Crippen molar-refractivity contribution in [2.75, 3.05) is 12.4 Å². The van der Waals surface area contributed by atoms with E-state index in [9.17, 15) is 27.8 Å². The van der Waals surface area contributed by atoms with Gasteiger partial charge >= 0.3 is 5.97 Å². The molecule has 0 amide bonds. The van der Waals surface area contributed by atoms with Crippen LogP contribution in [-0.4, -0.2) is 42.2 Å². The summed E-state index contributed by atoms with van der Waals surface area (Å²) in [4.78, 5) is 11.4. The van der Waals surface area contributed by atoms with Crippen LogP contribution in [0.2, 0.25) is 0 Å². The predicted octanol–water partition coefficient (Wildman–Crippen LogP) is 0.790. The van der Waals surface area contributed by atoms with Gasteiger partial charge in [0.05, 0.1) is 11.9 Å². The molecule has 1 fully saturated rings. The number of carboxylic acids is 1. The number of aliphatic carboxylic acids is 1. The Morgan fingerprint density at radius 2 is 1.90 bits per heavy atom. The summed E-state index contributed by atoms with van der Waals surface area (Å²) in [5.41, 5.74) is -1.32. The van der Waals surface area contributed by atoms with Gasteiger partial charge < -0.3 is 10.2 Å². The number of rotatable bonds is 5. The summed E-state index contributed by atoms with van der Waals surface area (Å²) in [6, 6.07) is 5.01. The zero-order chi connectivity index (χ0) is 15.1. The molecule has 0 aliphatic heterocycles. The van der Waals surface area contributed by atoms with Crippen molar-refractivity contribution in [3.05, 3.63) is 35.6 Å². The molecule has 1 aliphatic rings. The van der Waals surface area contributed by atoms with Crippen LogP contribution in [0.25, 0.3) is 0 Å². The minimum Gasteiger partial charge on any atom is -0.481 e. The molecule has 5 nitrogen and oxygen atoms in total. The van der Waals surface area contributed by atoms with Crippen molar-refractivity contribution >= 4 is 15.8 Å². The van der Waals surface area contributed by atoms with E-state index in [-0.39, 0.29) is 5.75 Å². The fourth-order valence-electron chi connectivity index (χ4n) is 2.77. The number of hydrogen-bond donors (Lipinski definition) is 2. The van der Waals surface area contributed by atoms with Crippen LogP contribution in [0.3, 0.4) is 0 Å². The van der Waals surface area contributed by atoms with Crippen LogP contribution in [0, 0.1) is 11.2 Å². The van der Waals surface area contributed by atoms with Gasteiger partial charge in [0.2, 0.25) is 0 Å². The van der Waals surface area contributed by atoms with Crippen molar-refractivity contribution in [3.63, 3.8) is 0 Å². The summed E-state index contributed by atoms with van der Waals surface area (Å²) < 4.78 is 37.0. The van der Waals surface area contributed by atoms with Gasteiger partial charge in [0, 0.05) is 11.7 Å². The lowest BCUT2D eigenvalue weighted by atomic mass is 10.0. The van der Waals surface area contributed by atoms with Crippen molar-refractivity contribution in [1.82, 2.24) is 0 Å². The van der Waals surface area contributed by atoms with E-state index in [0.717, 1.165) is 12.1 Å².